The Hall–Kier alpha value is -3.54. The predicted molar refractivity (Wildman–Crippen MR) is 110 cm³/mol. The molecule has 0 unspecified atom stereocenters. The third-order valence-corrected chi connectivity index (χ3v) is 3.60. The number of carbonyl (C=O) groups excluding carboxylic acids is 2. The predicted octanol–water partition coefficient (Wildman–Crippen LogP) is 4.20. The summed E-state index contributed by atoms with van der Waals surface area (Å²) in [5.41, 5.74) is 0.861. The Morgan fingerprint density at radius 1 is 0.931 bits per heavy atom. The number of hydrogen-bond donors (Lipinski definition) is 0. The maximum Gasteiger partial charge on any atom is 0.336 e. The third-order valence-electron chi connectivity index (χ3n) is 3.60. The second kappa shape index (κ2) is 12.0. The molecule has 0 aliphatic heterocycles. The fraction of sp³-hybridized carbons (Fsp3) is 0.217. The van der Waals surface area contributed by atoms with Crippen LogP contribution in [0.3, 0.4) is 0 Å². The molecule has 0 aliphatic rings. The molecule has 6 heteroatoms. The average molecular weight is 396 g/mol. The number of rotatable bonds is 11. The van der Waals surface area contributed by atoms with E-state index in [-0.39, 0.29) is 6.61 Å². The molecule has 2 aromatic carbocycles. The van der Waals surface area contributed by atoms with Gasteiger partial charge in [0.15, 0.2) is 0 Å². The van der Waals surface area contributed by atoms with E-state index in [0.717, 1.165) is 17.4 Å². The average Bonchev–Trinajstić information content (AvgIpc) is 2.73. The van der Waals surface area contributed by atoms with Crippen molar-refractivity contribution in [1.29, 1.82) is 0 Å². The zero-order chi connectivity index (χ0) is 20.9. The van der Waals surface area contributed by atoms with Gasteiger partial charge in [-0.05, 0) is 42.8 Å². The van der Waals surface area contributed by atoms with Gasteiger partial charge in [0.1, 0.15) is 17.2 Å². The van der Waals surface area contributed by atoms with Crippen LogP contribution in [-0.2, 0) is 14.3 Å². The Kier molecular flexibility index (Phi) is 9.02. The SMILES string of the molecule is C=CC(=O)OCCCOc1cccc(OC(=O)/C=C/c2ccc(OCC)cc2)c1. The summed E-state index contributed by atoms with van der Waals surface area (Å²) in [6, 6.07) is 14.2. The van der Waals surface area contributed by atoms with Gasteiger partial charge in [-0.1, -0.05) is 24.8 Å². The monoisotopic (exact) mass is 396 g/mol. The van der Waals surface area contributed by atoms with Gasteiger partial charge in [-0.3, -0.25) is 0 Å². The molecule has 0 saturated heterocycles. The minimum absolute atomic E-state index is 0.246. The van der Waals surface area contributed by atoms with Crippen molar-refractivity contribution >= 4 is 18.0 Å². The first kappa shape index (κ1) is 21.8. The lowest BCUT2D eigenvalue weighted by atomic mass is 10.2. The van der Waals surface area contributed by atoms with Crippen molar-refractivity contribution in [2.45, 2.75) is 13.3 Å². The Morgan fingerprint density at radius 3 is 2.41 bits per heavy atom. The standard InChI is InChI=1S/C23H24O6/c1-3-22(24)28-16-6-15-27-20-7-5-8-21(17-20)29-23(25)14-11-18-9-12-19(13-10-18)26-4-2/h3,5,7-14,17H,1,4,6,15-16H2,2H3/b14-11+. The highest BCUT2D eigenvalue weighted by molar-refractivity contribution is 5.88. The van der Waals surface area contributed by atoms with Crippen LogP contribution in [0.4, 0.5) is 0 Å². The molecule has 0 heterocycles. The van der Waals surface area contributed by atoms with E-state index >= 15 is 0 Å². The van der Waals surface area contributed by atoms with Crippen molar-refractivity contribution in [1.82, 2.24) is 0 Å². The molecule has 0 saturated carbocycles. The van der Waals surface area contributed by atoms with Gasteiger partial charge in [-0.2, -0.15) is 0 Å². The summed E-state index contributed by atoms with van der Waals surface area (Å²) in [6.07, 6.45) is 4.68. The summed E-state index contributed by atoms with van der Waals surface area (Å²) in [7, 11) is 0. The molecule has 2 rings (SSSR count). The van der Waals surface area contributed by atoms with Crippen LogP contribution >= 0.6 is 0 Å². The Bertz CT molecular complexity index is 839. The smallest absolute Gasteiger partial charge is 0.336 e. The molecule has 0 aliphatic carbocycles. The van der Waals surface area contributed by atoms with E-state index in [2.05, 4.69) is 6.58 Å². The molecule has 0 amide bonds. The maximum atomic E-state index is 12.0. The van der Waals surface area contributed by atoms with Crippen LogP contribution in [0.5, 0.6) is 17.2 Å². The fourth-order valence-electron chi connectivity index (χ4n) is 2.26. The normalized spacial score (nSPS) is 10.4. The summed E-state index contributed by atoms with van der Waals surface area (Å²) in [5, 5.41) is 0. The number of hydrogen-bond acceptors (Lipinski definition) is 6. The van der Waals surface area contributed by atoms with Crippen molar-refractivity contribution in [3.8, 4) is 17.2 Å². The van der Waals surface area contributed by atoms with Crippen molar-refractivity contribution < 1.29 is 28.5 Å². The van der Waals surface area contributed by atoms with Crippen LogP contribution in [0.2, 0.25) is 0 Å². The zero-order valence-electron chi connectivity index (χ0n) is 16.3. The van der Waals surface area contributed by atoms with Crippen LogP contribution < -0.4 is 14.2 Å². The lowest BCUT2D eigenvalue weighted by Crippen LogP contribution is -2.07. The molecule has 152 valence electrons. The van der Waals surface area contributed by atoms with E-state index in [4.69, 9.17) is 18.9 Å². The minimum Gasteiger partial charge on any atom is -0.494 e. The lowest BCUT2D eigenvalue weighted by Gasteiger charge is -2.08. The van der Waals surface area contributed by atoms with E-state index in [1.165, 1.54) is 6.08 Å². The van der Waals surface area contributed by atoms with Crippen molar-refractivity contribution in [2.24, 2.45) is 0 Å². The van der Waals surface area contributed by atoms with Gasteiger partial charge in [-0.15, -0.1) is 0 Å². The summed E-state index contributed by atoms with van der Waals surface area (Å²) in [6.45, 7) is 6.46. The van der Waals surface area contributed by atoms with Gasteiger partial charge in [0.05, 0.1) is 19.8 Å². The Balaban J connectivity index is 1.80. The summed E-state index contributed by atoms with van der Waals surface area (Å²) in [4.78, 5) is 23.0. The maximum absolute atomic E-state index is 12.0. The van der Waals surface area contributed by atoms with E-state index in [1.54, 1.807) is 30.3 Å². The molecule has 0 N–H and O–H groups in total. The first-order chi connectivity index (χ1) is 14.1. The van der Waals surface area contributed by atoms with Gasteiger partial charge in [-0.25, -0.2) is 9.59 Å². The molecule has 0 bridgehead atoms. The molecule has 0 fully saturated rings. The quantitative estimate of drug-likeness (QED) is 0.245. The van der Waals surface area contributed by atoms with Gasteiger partial charge >= 0.3 is 11.9 Å². The van der Waals surface area contributed by atoms with Gasteiger partial charge in [0.2, 0.25) is 0 Å². The highest BCUT2D eigenvalue weighted by atomic mass is 16.5. The number of benzene rings is 2. The van der Waals surface area contributed by atoms with Crippen LogP contribution in [0.25, 0.3) is 6.08 Å². The van der Waals surface area contributed by atoms with E-state index < -0.39 is 11.9 Å². The van der Waals surface area contributed by atoms with E-state index in [0.29, 0.717) is 31.1 Å². The molecule has 6 nitrogen and oxygen atoms in total. The second-order valence-corrected chi connectivity index (χ2v) is 5.80. The van der Waals surface area contributed by atoms with Crippen LogP contribution in [-0.4, -0.2) is 31.8 Å². The molecular weight excluding hydrogens is 372 g/mol. The summed E-state index contributed by atoms with van der Waals surface area (Å²) < 4.78 is 21.1. The topological polar surface area (TPSA) is 71.1 Å². The molecule has 29 heavy (non-hydrogen) atoms. The first-order valence-electron chi connectivity index (χ1n) is 9.25. The van der Waals surface area contributed by atoms with Crippen molar-refractivity contribution in [2.75, 3.05) is 19.8 Å². The van der Waals surface area contributed by atoms with Crippen molar-refractivity contribution in [3.05, 3.63) is 72.8 Å². The van der Waals surface area contributed by atoms with E-state index in [1.807, 2.05) is 31.2 Å². The zero-order valence-corrected chi connectivity index (χ0v) is 16.3. The highest BCUT2D eigenvalue weighted by Crippen LogP contribution is 2.20. The van der Waals surface area contributed by atoms with Crippen molar-refractivity contribution in [3.63, 3.8) is 0 Å². The van der Waals surface area contributed by atoms with Gasteiger partial charge < -0.3 is 18.9 Å². The molecule has 2 aromatic rings. The van der Waals surface area contributed by atoms with Gasteiger partial charge in [0, 0.05) is 24.6 Å². The van der Waals surface area contributed by atoms with Crippen LogP contribution in [0.15, 0.2) is 67.3 Å². The summed E-state index contributed by atoms with van der Waals surface area (Å²) >= 11 is 0. The van der Waals surface area contributed by atoms with Crippen LogP contribution in [0.1, 0.15) is 18.9 Å². The number of esters is 2. The first-order valence-corrected chi connectivity index (χ1v) is 9.25. The molecule has 0 radical (unpaired) electrons. The highest BCUT2D eigenvalue weighted by Gasteiger charge is 2.03. The lowest BCUT2D eigenvalue weighted by molar-refractivity contribution is -0.138. The Morgan fingerprint density at radius 2 is 1.69 bits per heavy atom. The third kappa shape index (κ3) is 8.34. The largest absolute Gasteiger partial charge is 0.494 e. The molecule has 0 aromatic heterocycles. The number of ether oxygens (including phenoxy) is 4. The molecule has 0 spiro atoms. The summed E-state index contributed by atoms with van der Waals surface area (Å²) in [5.74, 6) is 0.759. The minimum atomic E-state index is -0.493. The number of carbonyl (C=O) groups is 2. The van der Waals surface area contributed by atoms with Gasteiger partial charge in [0.25, 0.3) is 0 Å². The molecular formula is C23H24O6. The molecule has 0 atom stereocenters. The second-order valence-electron chi connectivity index (χ2n) is 5.80. The van der Waals surface area contributed by atoms with E-state index in [9.17, 15) is 9.59 Å². The Labute approximate surface area is 170 Å². The fourth-order valence-corrected chi connectivity index (χ4v) is 2.26. The van der Waals surface area contributed by atoms with Crippen LogP contribution in [0, 0.1) is 0 Å².